The molecule has 0 aromatic heterocycles. The van der Waals surface area contributed by atoms with E-state index in [0.717, 1.165) is 19.4 Å². The third-order valence-electron chi connectivity index (χ3n) is 3.22. The Morgan fingerprint density at radius 1 is 1.59 bits per heavy atom. The van der Waals surface area contributed by atoms with Gasteiger partial charge in [0.1, 0.15) is 6.54 Å². The van der Waals surface area contributed by atoms with E-state index < -0.39 is 11.5 Å². The molecule has 1 fully saturated rings. The lowest BCUT2D eigenvalue weighted by atomic mass is 9.92. The van der Waals surface area contributed by atoms with Gasteiger partial charge in [0.2, 0.25) is 5.91 Å². The fourth-order valence-electron chi connectivity index (χ4n) is 2.28. The second-order valence-electron chi connectivity index (χ2n) is 4.33. The predicted octanol–water partition coefficient (Wildman–Crippen LogP) is 0.618. The number of aliphatic carboxylic acids is 1. The van der Waals surface area contributed by atoms with Crippen molar-refractivity contribution in [3.63, 3.8) is 0 Å². The monoisotopic (exact) mass is 240 g/mol. The molecule has 0 aliphatic carbocycles. The summed E-state index contributed by atoms with van der Waals surface area (Å²) in [6, 6.07) is 0. The summed E-state index contributed by atoms with van der Waals surface area (Å²) in [6.07, 6.45) is 3.96. The Labute approximate surface area is 101 Å². The summed E-state index contributed by atoms with van der Waals surface area (Å²) >= 11 is 0. The largest absolute Gasteiger partial charge is 0.480 e. The summed E-state index contributed by atoms with van der Waals surface area (Å²) in [5.41, 5.74) is -0.571. The van der Waals surface area contributed by atoms with Crippen LogP contribution in [0.25, 0.3) is 0 Å². The fourth-order valence-corrected chi connectivity index (χ4v) is 2.28. The highest BCUT2D eigenvalue weighted by Crippen LogP contribution is 2.25. The number of amides is 1. The highest BCUT2D eigenvalue weighted by atomic mass is 16.4. The Balaban J connectivity index is 2.81. The van der Waals surface area contributed by atoms with Crippen LogP contribution in [0.5, 0.6) is 0 Å². The van der Waals surface area contributed by atoms with Gasteiger partial charge < -0.3 is 15.3 Å². The van der Waals surface area contributed by atoms with Gasteiger partial charge in [-0.2, -0.15) is 0 Å². The van der Waals surface area contributed by atoms with Crippen molar-refractivity contribution in [1.82, 2.24) is 10.2 Å². The van der Waals surface area contributed by atoms with Crippen molar-refractivity contribution in [2.45, 2.75) is 31.7 Å². The minimum Gasteiger partial charge on any atom is -0.480 e. The molecular weight excluding hydrogens is 220 g/mol. The van der Waals surface area contributed by atoms with Crippen molar-refractivity contribution < 1.29 is 14.7 Å². The minimum absolute atomic E-state index is 0.125. The van der Waals surface area contributed by atoms with Crippen LogP contribution in [-0.4, -0.2) is 47.1 Å². The molecule has 1 rings (SSSR count). The highest BCUT2D eigenvalue weighted by molar-refractivity contribution is 5.89. The van der Waals surface area contributed by atoms with Gasteiger partial charge in [-0.25, -0.2) is 0 Å². The Hall–Kier alpha value is -1.36. The van der Waals surface area contributed by atoms with Crippen molar-refractivity contribution in [3.05, 3.63) is 12.7 Å². The van der Waals surface area contributed by atoms with Crippen LogP contribution in [0.3, 0.4) is 0 Å². The van der Waals surface area contributed by atoms with Gasteiger partial charge in [-0.1, -0.05) is 13.0 Å². The van der Waals surface area contributed by atoms with E-state index in [1.165, 1.54) is 4.90 Å². The number of hydrogen-bond donors (Lipinski definition) is 2. The molecule has 1 atom stereocenters. The number of rotatable bonds is 6. The van der Waals surface area contributed by atoms with Gasteiger partial charge in [-0.15, -0.1) is 6.58 Å². The maximum absolute atomic E-state index is 12.4. The zero-order valence-electron chi connectivity index (χ0n) is 10.2. The normalized spacial score (nSPS) is 23.4. The van der Waals surface area contributed by atoms with E-state index in [2.05, 4.69) is 11.9 Å². The van der Waals surface area contributed by atoms with Crippen LogP contribution in [0.15, 0.2) is 12.7 Å². The van der Waals surface area contributed by atoms with Gasteiger partial charge in [-0.3, -0.25) is 9.59 Å². The smallest absolute Gasteiger partial charge is 0.323 e. The Bertz CT molecular complexity index is 309. The number of carbonyl (C=O) groups excluding carboxylic acids is 1. The molecule has 96 valence electrons. The fraction of sp³-hybridized carbons (Fsp3) is 0.667. The van der Waals surface area contributed by atoms with E-state index in [1.807, 2.05) is 6.92 Å². The van der Waals surface area contributed by atoms with Crippen molar-refractivity contribution in [3.8, 4) is 0 Å². The predicted molar refractivity (Wildman–Crippen MR) is 64.7 cm³/mol. The van der Waals surface area contributed by atoms with Crippen molar-refractivity contribution >= 4 is 11.9 Å². The van der Waals surface area contributed by atoms with Gasteiger partial charge in [0.15, 0.2) is 0 Å². The van der Waals surface area contributed by atoms with E-state index in [-0.39, 0.29) is 19.0 Å². The SMILES string of the molecule is C=CCN(CC(=O)O)C(=O)C1(CC)CCCN1. The summed E-state index contributed by atoms with van der Waals surface area (Å²) < 4.78 is 0. The molecule has 1 amide bonds. The van der Waals surface area contributed by atoms with Crippen LogP contribution >= 0.6 is 0 Å². The molecule has 0 bridgehead atoms. The molecule has 17 heavy (non-hydrogen) atoms. The quantitative estimate of drug-likeness (QED) is 0.668. The van der Waals surface area contributed by atoms with E-state index >= 15 is 0 Å². The zero-order valence-corrected chi connectivity index (χ0v) is 10.2. The first-order valence-corrected chi connectivity index (χ1v) is 5.93. The van der Waals surface area contributed by atoms with E-state index in [4.69, 9.17) is 5.11 Å². The summed E-state index contributed by atoms with van der Waals surface area (Å²) in [7, 11) is 0. The number of carboxylic acids is 1. The molecule has 5 nitrogen and oxygen atoms in total. The molecule has 5 heteroatoms. The molecule has 0 aromatic carbocycles. The van der Waals surface area contributed by atoms with Gasteiger partial charge in [-0.05, 0) is 25.8 Å². The van der Waals surface area contributed by atoms with Gasteiger partial charge >= 0.3 is 5.97 Å². The molecule has 0 aromatic rings. The summed E-state index contributed by atoms with van der Waals surface area (Å²) in [6.45, 7) is 6.32. The molecule has 1 heterocycles. The first-order valence-electron chi connectivity index (χ1n) is 5.93. The lowest BCUT2D eigenvalue weighted by molar-refractivity contribution is -0.147. The number of nitrogens with zero attached hydrogens (tertiary/aromatic N) is 1. The van der Waals surface area contributed by atoms with Crippen LogP contribution < -0.4 is 5.32 Å². The average molecular weight is 240 g/mol. The van der Waals surface area contributed by atoms with Crippen LogP contribution in [0.2, 0.25) is 0 Å². The van der Waals surface area contributed by atoms with E-state index in [9.17, 15) is 9.59 Å². The maximum Gasteiger partial charge on any atom is 0.323 e. The highest BCUT2D eigenvalue weighted by Gasteiger charge is 2.41. The van der Waals surface area contributed by atoms with E-state index in [0.29, 0.717) is 6.42 Å². The molecule has 0 radical (unpaired) electrons. The van der Waals surface area contributed by atoms with Crippen LogP contribution in [0.1, 0.15) is 26.2 Å². The molecule has 1 saturated heterocycles. The lowest BCUT2D eigenvalue weighted by Crippen LogP contribution is -2.55. The maximum atomic E-state index is 12.4. The molecule has 1 aliphatic rings. The van der Waals surface area contributed by atoms with Gasteiger partial charge in [0.05, 0.1) is 5.54 Å². The molecule has 2 N–H and O–H groups in total. The van der Waals surface area contributed by atoms with Crippen LogP contribution in [-0.2, 0) is 9.59 Å². The number of carbonyl (C=O) groups is 2. The second-order valence-corrected chi connectivity index (χ2v) is 4.33. The lowest BCUT2D eigenvalue weighted by Gasteiger charge is -2.32. The van der Waals surface area contributed by atoms with Gasteiger partial charge in [0.25, 0.3) is 0 Å². The van der Waals surface area contributed by atoms with Gasteiger partial charge in [0, 0.05) is 6.54 Å². The first-order chi connectivity index (χ1) is 8.05. The summed E-state index contributed by atoms with van der Waals surface area (Å²) in [5, 5.41) is 12.0. The topological polar surface area (TPSA) is 69.6 Å². The molecule has 0 spiro atoms. The Morgan fingerprint density at radius 3 is 2.71 bits per heavy atom. The molecule has 0 saturated carbocycles. The third-order valence-corrected chi connectivity index (χ3v) is 3.22. The molecule has 1 aliphatic heterocycles. The number of hydrogen-bond acceptors (Lipinski definition) is 3. The average Bonchev–Trinajstić information content (AvgIpc) is 2.76. The van der Waals surface area contributed by atoms with Crippen molar-refractivity contribution in [1.29, 1.82) is 0 Å². The van der Waals surface area contributed by atoms with Crippen molar-refractivity contribution in [2.24, 2.45) is 0 Å². The first kappa shape index (κ1) is 13.7. The third kappa shape index (κ3) is 3.06. The number of carboxylic acid groups (broad SMARTS) is 1. The second kappa shape index (κ2) is 5.82. The summed E-state index contributed by atoms with van der Waals surface area (Å²) in [4.78, 5) is 24.5. The minimum atomic E-state index is -0.996. The summed E-state index contributed by atoms with van der Waals surface area (Å²) in [5.74, 6) is -1.12. The Morgan fingerprint density at radius 2 is 2.29 bits per heavy atom. The van der Waals surface area contributed by atoms with E-state index in [1.54, 1.807) is 6.08 Å². The van der Waals surface area contributed by atoms with Crippen LogP contribution in [0.4, 0.5) is 0 Å². The molecular formula is C12H20N2O3. The van der Waals surface area contributed by atoms with Crippen LogP contribution in [0, 0.1) is 0 Å². The van der Waals surface area contributed by atoms with Crippen molar-refractivity contribution in [2.75, 3.05) is 19.6 Å². The molecule has 1 unspecified atom stereocenters. The zero-order chi connectivity index (χ0) is 12.9. The Kier molecular flexibility index (Phi) is 4.69. The number of nitrogens with one attached hydrogen (secondary N) is 1. The standard InChI is InChI=1S/C12H20N2O3/c1-3-8-14(9-10(15)16)11(17)12(4-2)6-5-7-13-12/h3,13H,1,4-9H2,2H3,(H,15,16).